The van der Waals surface area contributed by atoms with Crippen LogP contribution in [0.3, 0.4) is 0 Å². The minimum Gasteiger partial charge on any atom is -0.394 e. The topological polar surface area (TPSA) is 99.4 Å². The molecule has 6 nitrogen and oxygen atoms in total. The van der Waals surface area contributed by atoms with Gasteiger partial charge in [0, 0.05) is 0 Å². The number of allylic oxidation sites excluding steroid dienone is 2. The lowest BCUT2D eigenvalue weighted by molar-refractivity contribution is -0.299. The van der Waals surface area contributed by atoms with Crippen LogP contribution in [0.2, 0.25) is 0 Å². The van der Waals surface area contributed by atoms with E-state index in [0.717, 1.165) is 24.8 Å². The molecule has 0 radical (unpaired) electrons. The molecule has 0 aromatic heterocycles. The van der Waals surface area contributed by atoms with Crippen LogP contribution in [0.25, 0.3) is 0 Å². The summed E-state index contributed by atoms with van der Waals surface area (Å²) in [7, 11) is 0. The first kappa shape index (κ1) is 17.6. The maximum absolute atomic E-state index is 9.89. The molecule has 1 saturated heterocycles. The van der Waals surface area contributed by atoms with Crippen LogP contribution in [0.4, 0.5) is 0 Å². The Kier molecular flexibility index (Phi) is 6.14. The summed E-state index contributed by atoms with van der Waals surface area (Å²) in [5.41, 5.74) is 2.31. The van der Waals surface area contributed by atoms with Crippen LogP contribution >= 0.6 is 0 Å². The van der Waals surface area contributed by atoms with Gasteiger partial charge in [0.05, 0.1) is 13.2 Å². The van der Waals surface area contributed by atoms with Crippen LogP contribution in [0.15, 0.2) is 23.8 Å². The van der Waals surface area contributed by atoms with Gasteiger partial charge in [-0.2, -0.15) is 0 Å². The van der Waals surface area contributed by atoms with Gasteiger partial charge in [0.15, 0.2) is 6.29 Å². The average molecular weight is 314 g/mol. The standard InChI is InChI=1S/C16H26O6/c1-9(2)11-5-3-10(4-6-11)8-21-16-15(20)14(19)13(18)12(7-17)22-16/h3,11-20H,1,4-8H2,2H3/t11-,12?,13+,14-,15+,16?/m1/s1. The summed E-state index contributed by atoms with van der Waals surface area (Å²) in [6.07, 6.45) is -1.12. The third kappa shape index (κ3) is 3.95. The normalized spacial score (nSPS) is 39.4. The van der Waals surface area contributed by atoms with Crippen molar-refractivity contribution in [2.75, 3.05) is 13.2 Å². The van der Waals surface area contributed by atoms with Crippen LogP contribution in [0.1, 0.15) is 26.2 Å². The van der Waals surface area contributed by atoms with E-state index in [1.54, 1.807) is 0 Å². The molecule has 6 atom stereocenters. The van der Waals surface area contributed by atoms with E-state index >= 15 is 0 Å². The van der Waals surface area contributed by atoms with Crippen molar-refractivity contribution in [2.24, 2.45) is 5.92 Å². The Bertz CT molecular complexity index is 419. The van der Waals surface area contributed by atoms with Crippen molar-refractivity contribution >= 4 is 0 Å². The smallest absolute Gasteiger partial charge is 0.187 e. The second-order valence-corrected chi connectivity index (χ2v) is 6.19. The molecule has 0 amide bonds. The highest BCUT2D eigenvalue weighted by molar-refractivity contribution is 5.12. The highest BCUT2D eigenvalue weighted by atomic mass is 16.7. The van der Waals surface area contributed by atoms with Gasteiger partial charge in [0.1, 0.15) is 24.4 Å². The SMILES string of the molecule is C=C(C)[C@@H]1CC=C(COC2OC(CO)[C@H](O)[C@@H](O)[C@@H]2O)CC1. The van der Waals surface area contributed by atoms with Crippen molar-refractivity contribution in [3.05, 3.63) is 23.8 Å². The Morgan fingerprint density at radius 2 is 2.05 bits per heavy atom. The van der Waals surface area contributed by atoms with E-state index in [4.69, 9.17) is 14.6 Å². The van der Waals surface area contributed by atoms with Crippen molar-refractivity contribution in [1.29, 1.82) is 0 Å². The van der Waals surface area contributed by atoms with Crippen LogP contribution in [0.5, 0.6) is 0 Å². The summed E-state index contributed by atoms with van der Waals surface area (Å²) < 4.78 is 10.8. The quantitative estimate of drug-likeness (QED) is 0.537. The molecule has 1 aliphatic carbocycles. The van der Waals surface area contributed by atoms with E-state index in [9.17, 15) is 15.3 Å². The van der Waals surface area contributed by atoms with Gasteiger partial charge < -0.3 is 29.9 Å². The summed E-state index contributed by atoms with van der Waals surface area (Å²) in [4.78, 5) is 0. The molecule has 126 valence electrons. The number of hydrogen-bond acceptors (Lipinski definition) is 6. The second kappa shape index (κ2) is 7.68. The highest BCUT2D eigenvalue weighted by Gasteiger charge is 2.44. The van der Waals surface area contributed by atoms with E-state index in [1.165, 1.54) is 5.57 Å². The fourth-order valence-electron chi connectivity index (χ4n) is 2.86. The lowest BCUT2D eigenvalue weighted by Crippen LogP contribution is -2.59. The van der Waals surface area contributed by atoms with Crippen molar-refractivity contribution in [3.8, 4) is 0 Å². The summed E-state index contributed by atoms with van der Waals surface area (Å²) in [6, 6.07) is 0. The van der Waals surface area contributed by atoms with Crippen molar-refractivity contribution in [3.63, 3.8) is 0 Å². The van der Waals surface area contributed by atoms with Gasteiger partial charge >= 0.3 is 0 Å². The Balaban J connectivity index is 1.87. The summed E-state index contributed by atoms with van der Waals surface area (Å²) in [5.74, 6) is 0.510. The molecule has 0 bridgehead atoms. The molecule has 1 heterocycles. The fraction of sp³-hybridized carbons (Fsp3) is 0.750. The summed E-state index contributed by atoms with van der Waals surface area (Å²) in [6.45, 7) is 5.86. The first-order chi connectivity index (χ1) is 10.4. The third-order valence-corrected chi connectivity index (χ3v) is 4.48. The number of hydrogen-bond donors (Lipinski definition) is 4. The van der Waals surface area contributed by atoms with E-state index in [0.29, 0.717) is 12.5 Å². The number of rotatable bonds is 5. The number of aliphatic hydroxyl groups is 4. The lowest BCUT2D eigenvalue weighted by atomic mass is 9.86. The van der Waals surface area contributed by atoms with Gasteiger partial charge in [-0.15, -0.1) is 0 Å². The van der Waals surface area contributed by atoms with Gasteiger partial charge in [-0.05, 0) is 37.7 Å². The molecule has 0 aromatic carbocycles. The highest BCUT2D eigenvalue weighted by Crippen LogP contribution is 2.29. The Hall–Kier alpha value is -0.760. The molecule has 2 unspecified atom stereocenters. The molecule has 1 fully saturated rings. The molecule has 6 heteroatoms. The number of ether oxygens (including phenoxy) is 2. The first-order valence-electron chi connectivity index (χ1n) is 7.69. The predicted octanol–water partition coefficient (Wildman–Crippen LogP) is 0.105. The molecule has 4 N–H and O–H groups in total. The molecule has 2 aliphatic rings. The van der Waals surface area contributed by atoms with Crippen LogP contribution < -0.4 is 0 Å². The van der Waals surface area contributed by atoms with E-state index < -0.39 is 37.3 Å². The molecule has 22 heavy (non-hydrogen) atoms. The van der Waals surface area contributed by atoms with E-state index in [1.807, 2.05) is 6.92 Å². The zero-order valence-corrected chi connectivity index (χ0v) is 12.9. The average Bonchev–Trinajstić information content (AvgIpc) is 2.52. The maximum atomic E-state index is 9.89. The minimum atomic E-state index is -1.40. The Morgan fingerprint density at radius 1 is 1.32 bits per heavy atom. The first-order valence-corrected chi connectivity index (χ1v) is 7.69. The molecule has 0 aromatic rings. The zero-order valence-electron chi connectivity index (χ0n) is 12.9. The second-order valence-electron chi connectivity index (χ2n) is 6.19. The largest absolute Gasteiger partial charge is 0.394 e. The van der Waals surface area contributed by atoms with Crippen molar-refractivity contribution in [2.45, 2.75) is 56.9 Å². The van der Waals surface area contributed by atoms with Gasteiger partial charge in [0.25, 0.3) is 0 Å². The maximum Gasteiger partial charge on any atom is 0.187 e. The molecule has 2 rings (SSSR count). The van der Waals surface area contributed by atoms with Crippen LogP contribution in [0, 0.1) is 5.92 Å². The van der Waals surface area contributed by atoms with E-state index in [2.05, 4.69) is 12.7 Å². The molecular weight excluding hydrogens is 288 g/mol. The van der Waals surface area contributed by atoms with Crippen LogP contribution in [-0.2, 0) is 9.47 Å². The minimum absolute atomic E-state index is 0.297. The monoisotopic (exact) mass is 314 g/mol. The predicted molar refractivity (Wildman–Crippen MR) is 80.0 cm³/mol. The summed E-state index contributed by atoms with van der Waals surface area (Å²) in [5, 5.41) is 38.4. The molecular formula is C16H26O6. The number of aliphatic hydroxyl groups excluding tert-OH is 4. The van der Waals surface area contributed by atoms with Gasteiger partial charge in [-0.1, -0.05) is 18.2 Å². The van der Waals surface area contributed by atoms with Crippen molar-refractivity contribution < 1.29 is 29.9 Å². The van der Waals surface area contributed by atoms with Crippen LogP contribution in [-0.4, -0.2) is 64.3 Å². The molecule has 1 aliphatic heterocycles. The Labute approximate surface area is 130 Å². The van der Waals surface area contributed by atoms with Gasteiger partial charge in [-0.3, -0.25) is 0 Å². The van der Waals surface area contributed by atoms with Crippen molar-refractivity contribution in [1.82, 2.24) is 0 Å². The third-order valence-electron chi connectivity index (χ3n) is 4.48. The zero-order chi connectivity index (χ0) is 16.3. The fourth-order valence-corrected chi connectivity index (χ4v) is 2.86. The van der Waals surface area contributed by atoms with Gasteiger partial charge in [-0.25, -0.2) is 0 Å². The summed E-state index contributed by atoms with van der Waals surface area (Å²) >= 11 is 0. The van der Waals surface area contributed by atoms with E-state index in [-0.39, 0.29) is 0 Å². The molecule has 0 saturated carbocycles. The Morgan fingerprint density at radius 3 is 2.59 bits per heavy atom. The van der Waals surface area contributed by atoms with Gasteiger partial charge in [0.2, 0.25) is 0 Å². The molecule has 0 spiro atoms. The lowest BCUT2D eigenvalue weighted by Gasteiger charge is -2.39.